The topological polar surface area (TPSA) is 22.1 Å². The zero-order chi connectivity index (χ0) is 9.97. The number of halogens is 2. The van der Waals surface area contributed by atoms with E-state index in [0.29, 0.717) is 17.0 Å². The highest BCUT2D eigenvalue weighted by Crippen LogP contribution is 2.32. The Balaban J connectivity index is 2.11. The Kier molecular flexibility index (Phi) is 3.29. The van der Waals surface area contributed by atoms with E-state index in [1.807, 2.05) is 6.07 Å². The van der Waals surface area contributed by atoms with Gasteiger partial charge in [-0.05, 0) is 47.7 Å². The molecule has 1 heterocycles. The summed E-state index contributed by atoms with van der Waals surface area (Å²) in [6.45, 7) is 0. The fraction of sp³-hybridized carbons (Fsp3) is 0.500. The normalized spacial score (nSPS) is 17.3. The number of rotatable bonds is 2. The minimum atomic E-state index is 0.300. The molecule has 0 amide bonds. The van der Waals surface area contributed by atoms with Gasteiger partial charge in [0.2, 0.25) is 5.88 Å². The molecule has 2 nitrogen and oxygen atoms in total. The van der Waals surface area contributed by atoms with Crippen LogP contribution in [0.1, 0.15) is 25.7 Å². The van der Waals surface area contributed by atoms with Crippen molar-refractivity contribution < 1.29 is 4.74 Å². The molecular formula is C10H11BrClNO. The second-order valence-corrected chi connectivity index (χ2v) is 4.67. The lowest BCUT2D eigenvalue weighted by Gasteiger charge is -2.13. The van der Waals surface area contributed by atoms with Crippen LogP contribution in [0.2, 0.25) is 5.02 Å². The number of hydrogen-bond donors (Lipinski definition) is 0. The first-order chi connectivity index (χ1) is 6.77. The van der Waals surface area contributed by atoms with Gasteiger partial charge in [0, 0.05) is 10.7 Å². The number of nitrogens with zero attached hydrogens (tertiary/aromatic N) is 1. The second-order valence-electron chi connectivity index (χ2n) is 3.44. The fourth-order valence-corrected chi connectivity index (χ4v) is 2.09. The molecule has 0 N–H and O–H groups in total. The van der Waals surface area contributed by atoms with Gasteiger partial charge < -0.3 is 4.74 Å². The Labute approximate surface area is 96.8 Å². The summed E-state index contributed by atoms with van der Waals surface area (Å²) in [4.78, 5) is 4.12. The van der Waals surface area contributed by atoms with Gasteiger partial charge in [0.25, 0.3) is 0 Å². The van der Waals surface area contributed by atoms with Crippen LogP contribution in [0.15, 0.2) is 16.7 Å². The monoisotopic (exact) mass is 275 g/mol. The molecule has 0 aromatic carbocycles. The third-order valence-electron chi connectivity index (χ3n) is 2.39. The Morgan fingerprint density at radius 2 is 2.14 bits per heavy atom. The summed E-state index contributed by atoms with van der Waals surface area (Å²) in [5.74, 6) is 0.549. The summed E-state index contributed by atoms with van der Waals surface area (Å²) >= 11 is 9.38. The van der Waals surface area contributed by atoms with Gasteiger partial charge >= 0.3 is 0 Å². The predicted molar refractivity (Wildman–Crippen MR) is 59.8 cm³/mol. The third-order valence-corrected chi connectivity index (χ3v) is 3.64. The molecule has 0 atom stereocenters. The molecule has 4 heteroatoms. The van der Waals surface area contributed by atoms with Crippen molar-refractivity contribution in [3.63, 3.8) is 0 Å². The maximum atomic E-state index is 6.04. The van der Waals surface area contributed by atoms with Crippen molar-refractivity contribution in [2.75, 3.05) is 0 Å². The van der Waals surface area contributed by atoms with Crippen molar-refractivity contribution >= 4 is 27.5 Å². The summed E-state index contributed by atoms with van der Waals surface area (Å²) in [5.41, 5.74) is 0. The van der Waals surface area contributed by atoms with E-state index in [-0.39, 0.29) is 0 Å². The van der Waals surface area contributed by atoms with Gasteiger partial charge in [0.15, 0.2) is 0 Å². The minimum absolute atomic E-state index is 0.300. The van der Waals surface area contributed by atoms with Crippen molar-refractivity contribution in [3.8, 4) is 5.88 Å². The number of aromatic nitrogens is 1. The SMILES string of the molecule is Clc1c(Br)ccnc1OC1CCCC1. The average Bonchev–Trinajstić information content (AvgIpc) is 2.66. The molecule has 2 rings (SSSR count). The van der Waals surface area contributed by atoms with Crippen molar-refractivity contribution in [2.45, 2.75) is 31.8 Å². The highest BCUT2D eigenvalue weighted by molar-refractivity contribution is 9.10. The maximum absolute atomic E-state index is 6.04. The van der Waals surface area contributed by atoms with Crippen LogP contribution in [0.25, 0.3) is 0 Å². The molecule has 76 valence electrons. The lowest BCUT2D eigenvalue weighted by atomic mass is 10.3. The van der Waals surface area contributed by atoms with Crippen molar-refractivity contribution in [1.29, 1.82) is 0 Å². The first-order valence-electron chi connectivity index (χ1n) is 4.74. The van der Waals surface area contributed by atoms with Gasteiger partial charge in [-0.25, -0.2) is 4.98 Å². The van der Waals surface area contributed by atoms with E-state index in [4.69, 9.17) is 16.3 Å². The molecular weight excluding hydrogens is 265 g/mol. The van der Waals surface area contributed by atoms with Crippen molar-refractivity contribution in [2.24, 2.45) is 0 Å². The Morgan fingerprint density at radius 3 is 2.86 bits per heavy atom. The third kappa shape index (κ3) is 2.20. The van der Waals surface area contributed by atoms with Gasteiger partial charge in [0.05, 0.1) is 0 Å². The van der Waals surface area contributed by atoms with E-state index in [9.17, 15) is 0 Å². The van der Waals surface area contributed by atoms with Crippen LogP contribution in [0.4, 0.5) is 0 Å². The molecule has 1 aromatic rings. The lowest BCUT2D eigenvalue weighted by Crippen LogP contribution is -2.12. The first kappa shape index (κ1) is 10.2. The van der Waals surface area contributed by atoms with E-state index in [1.165, 1.54) is 12.8 Å². The zero-order valence-corrected chi connectivity index (χ0v) is 10.0. The molecule has 14 heavy (non-hydrogen) atoms. The van der Waals surface area contributed by atoms with E-state index in [1.54, 1.807) is 6.20 Å². The molecule has 0 saturated heterocycles. The van der Waals surface area contributed by atoms with Crippen LogP contribution >= 0.6 is 27.5 Å². The van der Waals surface area contributed by atoms with Gasteiger partial charge in [0.1, 0.15) is 11.1 Å². The number of pyridine rings is 1. The minimum Gasteiger partial charge on any atom is -0.473 e. The standard InChI is InChI=1S/C10H11BrClNO/c11-8-5-6-13-10(9(8)12)14-7-3-1-2-4-7/h5-7H,1-4H2. The van der Waals surface area contributed by atoms with E-state index in [2.05, 4.69) is 20.9 Å². The molecule has 1 aliphatic rings. The van der Waals surface area contributed by atoms with Crippen molar-refractivity contribution in [3.05, 3.63) is 21.8 Å². The van der Waals surface area contributed by atoms with Crippen molar-refractivity contribution in [1.82, 2.24) is 4.98 Å². The summed E-state index contributed by atoms with van der Waals surface area (Å²) < 4.78 is 6.55. The van der Waals surface area contributed by atoms with Crippen LogP contribution in [-0.2, 0) is 0 Å². The quantitative estimate of drug-likeness (QED) is 0.819. The average molecular weight is 277 g/mol. The summed E-state index contributed by atoms with van der Waals surface area (Å²) in [6.07, 6.45) is 6.72. The molecule has 0 unspecified atom stereocenters. The van der Waals surface area contributed by atoms with E-state index >= 15 is 0 Å². The zero-order valence-electron chi connectivity index (χ0n) is 7.67. The number of hydrogen-bond acceptors (Lipinski definition) is 2. The molecule has 1 saturated carbocycles. The smallest absolute Gasteiger partial charge is 0.234 e. The predicted octanol–water partition coefficient (Wildman–Crippen LogP) is 3.82. The van der Waals surface area contributed by atoms with Gasteiger partial charge in [-0.15, -0.1) is 0 Å². The molecule has 1 aromatic heterocycles. The van der Waals surface area contributed by atoms with Gasteiger partial charge in [-0.2, -0.15) is 0 Å². The highest BCUT2D eigenvalue weighted by atomic mass is 79.9. The van der Waals surface area contributed by atoms with Crippen LogP contribution in [0, 0.1) is 0 Å². The molecule has 0 aliphatic heterocycles. The lowest BCUT2D eigenvalue weighted by molar-refractivity contribution is 0.201. The van der Waals surface area contributed by atoms with Gasteiger partial charge in [-0.1, -0.05) is 11.6 Å². The Hall–Kier alpha value is -0.280. The van der Waals surface area contributed by atoms with Gasteiger partial charge in [-0.3, -0.25) is 0 Å². The Bertz CT molecular complexity index is 326. The molecule has 1 fully saturated rings. The van der Waals surface area contributed by atoms with Crippen LogP contribution in [0.3, 0.4) is 0 Å². The second kappa shape index (κ2) is 4.49. The first-order valence-corrected chi connectivity index (χ1v) is 5.91. The molecule has 0 bridgehead atoms. The summed E-state index contributed by atoms with van der Waals surface area (Å²) in [5, 5.41) is 0.569. The van der Waals surface area contributed by atoms with E-state index < -0.39 is 0 Å². The number of ether oxygens (including phenoxy) is 1. The van der Waals surface area contributed by atoms with Crippen LogP contribution in [0.5, 0.6) is 5.88 Å². The molecule has 0 radical (unpaired) electrons. The largest absolute Gasteiger partial charge is 0.473 e. The molecule has 0 spiro atoms. The van der Waals surface area contributed by atoms with Crippen LogP contribution < -0.4 is 4.74 Å². The Morgan fingerprint density at radius 1 is 1.43 bits per heavy atom. The summed E-state index contributed by atoms with van der Waals surface area (Å²) in [6, 6.07) is 1.81. The summed E-state index contributed by atoms with van der Waals surface area (Å²) in [7, 11) is 0. The maximum Gasteiger partial charge on any atom is 0.234 e. The fourth-order valence-electron chi connectivity index (χ4n) is 1.65. The van der Waals surface area contributed by atoms with Crippen LogP contribution in [-0.4, -0.2) is 11.1 Å². The highest BCUT2D eigenvalue weighted by Gasteiger charge is 2.18. The molecule has 1 aliphatic carbocycles. The van der Waals surface area contributed by atoms with E-state index in [0.717, 1.165) is 17.3 Å².